The van der Waals surface area contributed by atoms with E-state index in [0.717, 1.165) is 18.5 Å². The molecule has 0 radical (unpaired) electrons. The van der Waals surface area contributed by atoms with Gasteiger partial charge in [-0.2, -0.15) is 0 Å². The maximum absolute atomic E-state index is 12.4. The van der Waals surface area contributed by atoms with Gasteiger partial charge in [0.1, 0.15) is 12.4 Å². The Bertz CT molecular complexity index is 626. The minimum atomic E-state index is 0.0254. The molecular formula is C19H24N2O2. The second-order valence-electron chi connectivity index (χ2n) is 6.09. The van der Waals surface area contributed by atoms with E-state index >= 15 is 0 Å². The van der Waals surface area contributed by atoms with Gasteiger partial charge in [-0.1, -0.05) is 26.0 Å². The number of aromatic nitrogens is 1. The first-order valence-electron chi connectivity index (χ1n) is 7.93. The Kier molecular flexibility index (Phi) is 6.15. The zero-order chi connectivity index (χ0) is 16.7. The molecule has 23 heavy (non-hydrogen) atoms. The van der Waals surface area contributed by atoms with E-state index in [1.54, 1.807) is 23.4 Å². The second kappa shape index (κ2) is 8.32. The maximum atomic E-state index is 12.4. The van der Waals surface area contributed by atoms with Gasteiger partial charge in [-0.15, -0.1) is 0 Å². The SMILES string of the molecule is CC(C)CCN(C)C(=O)c1cccc(OCc2cccnc2)c1. The molecule has 0 bridgehead atoms. The van der Waals surface area contributed by atoms with Crippen LogP contribution >= 0.6 is 0 Å². The molecule has 0 unspecified atom stereocenters. The number of nitrogens with zero attached hydrogens (tertiary/aromatic N) is 2. The minimum Gasteiger partial charge on any atom is -0.489 e. The van der Waals surface area contributed by atoms with E-state index in [4.69, 9.17) is 4.74 Å². The summed E-state index contributed by atoms with van der Waals surface area (Å²) in [5, 5.41) is 0. The Morgan fingerprint density at radius 1 is 1.26 bits per heavy atom. The molecule has 0 atom stereocenters. The topological polar surface area (TPSA) is 42.4 Å². The molecule has 0 saturated carbocycles. The zero-order valence-electron chi connectivity index (χ0n) is 14.0. The monoisotopic (exact) mass is 312 g/mol. The van der Waals surface area contributed by atoms with Crippen molar-refractivity contribution in [1.82, 2.24) is 9.88 Å². The Labute approximate surface area is 138 Å². The molecule has 2 aromatic rings. The molecule has 122 valence electrons. The molecule has 4 nitrogen and oxygen atoms in total. The van der Waals surface area contributed by atoms with Crippen LogP contribution in [-0.4, -0.2) is 29.4 Å². The van der Waals surface area contributed by atoms with Crippen LogP contribution in [0.1, 0.15) is 36.2 Å². The van der Waals surface area contributed by atoms with E-state index in [-0.39, 0.29) is 5.91 Å². The third kappa shape index (κ3) is 5.40. The van der Waals surface area contributed by atoms with Gasteiger partial charge in [0.25, 0.3) is 5.91 Å². The van der Waals surface area contributed by atoms with Crippen LogP contribution in [0.2, 0.25) is 0 Å². The zero-order valence-corrected chi connectivity index (χ0v) is 14.0. The predicted molar refractivity (Wildman–Crippen MR) is 91.4 cm³/mol. The van der Waals surface area contributed by atoms with Gasteiger partial charge < -0.3 is 9.64 Å². The molecule has 0 aliphatic rings. The fourth-order valence-corrected chi connectivity index (χ4v) is 2.14. The smallest absolute Gasteiger partial charge is 0.253 e. The number of pyridine rings is 1. The Morgan fingerprint density at radius 3 is 2.78 bits per heavy atom. The summed E-state index contributed by atoms with van der Waals surface area (Å²) in [6.07, 6.45) is 4.50. The lowest BCUT2D eigenvalue weighted by molar-refractivity contribution is 0.0788. The quantitative estimate of drug-likeness (QED) is 0.781. The fourth-order valence-electron chi connectivity index (χ4n) is 2.14. The molecule has 0 spiro atoms. The molecule has 4 heteroatoms. The van der Waals surface area contributed by atoms with Crippen LogP contribution in [0, 0.1) is 5.92 Å². The molecule has 0 saturated heterocycles. The number of hydrogen-bond acceptors (Lipinski definition) is 3. The molecule has 0 N–H and O–H groups in total. The van der Waals surface area contributed by atoms with Gasteiger partial charge in [-0.25, -0.2) is 0 Å². The van der Waals surface area contributed by atoms with E-state index in [1.165, 1.54) is 0 Å². The number of amides is 1. The van der Waals surface area contributed by atoms with Gasteiger partial charge in [0, 0.05) is 37.1 Å². The first-order chi connectivity index (χ1) is 11.1. The second-order valence-corrected chi connectivity index (χ2v) is 6.09. The normalized spacial score (nSPS) is 10.6. The van der Waals surface area contributed by atoms with Crippen molar-refractivity contribution in [3.05, 3.63) is 59.9 Å². The van der Waals surface area contributed by atoms with Crippen molar-refractivity contribution in [2.24, 2.45) is 5.92 Å². The van der Waals surface area contributed by atoms with Crippen LogP contribution in [0.4, 0.5) is 0 Å². The highest BCUT2D eigenvalue weighted by Gasteiger charge is 2.12. The summed E-state index contributed by atoms with van der Waals surface area (Å²) in [7, 11) is 1.84. The van der Waals surface area contributed by atoms with E-state index < -0.39 is 0 Å². The fraction of sp³-hybridized carbons (Fsp3) is 0.368. The number of benzene rings is 1. The average Bonchev–Trinajstić information content (AvgIpc) is 2.58. The minimum absolute atomic E-state index is 0.0254. The van der Waals surface area contributed by atoms with Gasteiger partial charge in [-0.3, -0.25) is 9.78 Å². The van der Waals surface area contributed by atoms with Gasteiger partial charge in [0.15, 0.2) is 0 Å². The summed E-state index contributed by atoms with van der Waals surface area (Å²) < 4.78 is 5.75. The summed E-state index contributed by atoms with van der Waals surface area (Å²) in [5.74, 6) is 1.30. The first-order valence-corrected chi connectivity index (χ1v) is 7.93. The summed E-state index contributed by atoms with van der Waals surface area (Å²) in [4.78, 5) is 18.3. The van der Waals surface area contributed by atoms with Crippen LogP contribution in [0.15, 0.2) is 48.8 Å². The molecule has 1 aromatic carbocycles. The van der Waals surface area contributed by atoms with E-state index in [1.807, 2.05) is 37.4 Å². The van der Waals surface area contributed by atoms with Crippen molar-refractivity contribution < 1.29 is 9.53 Å². The number of hydrogen-bond donors (Lipinski definition) is 0. The molecule has 0 aliphatic heterocycles. The number of rotatable bonds is 7. The van der Waals surface area contributed by atoms with Crippen LogP contribution < -0.4 is 4.74 Å². The Morgan fingerprint density at radius 2 is 2.09 bits per heavy atom. The molecule has 0 aliphatic carbocycles. The molecule has 0 fully saturated rings. The highest BCUT2D eigenvalue weighted by Crippen LogP contribution is 2.16. The molecule has 2 rings (SSSR count). The van der Waals surface area contributed by atoms with Crippen molar-refractivity contribution in [2.45, 2.75) is 26.9 Å². The third-order valence-electron chi connectivity index (χ3n) is 3.60. The largest absolute Gasteiger partial charge is 0.489 e. The Balaban J connectivity index is 1.97. The van der Waals surface area contributed by atoms with Crippen molar-refractivity contribution >= 4 is 5.91 Å². The molecule has 1 amide bonds. The van der Waals surface area contributed by atoms with Crippen molar-refractivity contribution in [2.75, 3.05) is 13.6 Å². The summed E-state index contributed by atoms with van der Waals surface area (Å²) in [6.45, 7) is 5.52. The lowest BCUT2D eigenvalue weighted by atomic mass is 10.1. The lowest BCUT2D eigenvalue weighted by Gasteiger charge is -2.18. The van der Waals surface area contributed by atoms with E-state index in [2.05, 4.69) is 18.8 Å². The van der Waals surface area contributed by atoms with Crippen molar-refractivity contribution in [3.8, 4) is 5.75 Å². The summed E-state index contributed by atoms with van der Waals surface area (Å²) in [6, 6.07) is 11.2. The van der Waals surface area contributed by atoms with Gasteiger partial charge in [0.2, 0.25) is 0 Å². The maximum Gasteiger partial charge on any atom is 0.253 e. The van der Waals surface area contributed by atoms with Gasteiger partial charge >= 0.3 is 0 Å². The van der Waals surface area contributed by atoms with Gasteiger partial charge in [-0.05, 0) is 36.6 Å². The summed E-state index contributed by atoms with van der Waals surface area (Å²) in [5.41, 5.74) is 1.65. The number of ether oxygens (including phenoxy) is 1. The highest BCUT2D eigenvalue weighted by molar-refractivity contribution is 5.94. The van der Waals surface area contributed by atoms with Crippen LogP contribution in [0.5, 0.6) is 5.75 Å². The molecular weight excluding hydrogens is 288 g/mol. The van der Waals surface area contributed by atoms with E-state index in [9.17, 15) is 4.79 Å². The first kappa shape index (κ1) is 17.0. The third-order valence-corrected chi connectivity index (χ3v) is 3.60. The van der Waals surface area contributed by atoms with Crippen LogP contribution in [0.25, 0.3) is 0 Å². The van der Waals surface area contributed by atoms with Crippen LogP contribution in [0.3, 0.4) is 0 Å². The highest BCUT2D eigenvalue weighted by atomic mass is 16.5. The number of carbonyl (C=O) groups excluding carboxylic acids is 1. The average molecular weight is 312 g/mol. The summed E-state index contributed by atoms with van der Waals surface area (Å²) >= 11 is 0. The van der Waals surface area contributed by atoms with Crippen molar-refractivity contribution in [1.29, 1.82) is 0 Å². The van der Waals surface area contributed by atoms with Gasteiger partial charge in [0.05, 0.1) is 0 Å². The lowest BCUT2D eigenvalue weighted by Crippen LogP contribution is -2.28. The molecule has 1 heterocycles. The Hall–Kier alpha value is -2.36. The predicted octanol–water partition coefficient (Wildman–Crippen LogP) is 3.78. The molecule has 1 aromatic heterocycles. The van der Waals surface area contributed by atoms with E-state index in [0.29, 0.717) is 23.8 Å². The standard InChI is InChI=1S/C19H24N2O2/c1-15(2)9-11-21(3)19(22)17-7-4-8-18(12-17)23-14-16-6-5-10-20-13-16/h4-8,10,12-13,15H,9,11,14H2,1-3H3. The van der Waals surface area contributed by atoms with Crippen molar-refractivity contribution in [3.63, 3.8) is 0 Å². The van der Waals surface area contributed by atoms with Crippen LogP contribution in [-0.2, 0) is 6.61 Å². The number of carbonyl (C=O) groups is 1.